The highest BCUT2D eigenvalue weighted by Gasteiger charge is 2.35. The average Bonchev–Trinajstić information content (AvgIpc) is 3.38. The van der Waals surface area contributed by atoms with E-state index in [1.165, 1.54) is 66.1 Å². The summed E-state index contributed by atoms with van der Waals surface area (Å²) in [5, 5.41) is 5.11. The van der Waals surface area contributed by atoms with E-state index in [1.54, 1.807) is 0 Å². The van der Waals surface area contributed by atoms with E-state index in [1.807, 2.05) is 0 Å². The maximum Gasteiger partial charge on any atom is 0.0540 e. The van der Waals surface area contributed by atoms with Crippen LogP contribution in [0.25, 0.3) is 54.9 Å². The molecule has 1 aliphatic carbocycles. The van der Waals surface area contributed by atoms with E-state index in [4.69, 9.17) is 0 Å². The van der Waals surface area contributed by atoms with Crippen molar-refractivity contribution in [3.05, 3.63) is 187 Å². The molecule has 0 saturated heterocycles. The van der Waals surface area contributed by atoms with Crippen molar-refractivity contribution in [1.82, 2.24) is 0 Å². The Morgan fingerprint density at radius 3 is 1.85 bits per heavy atom. The highest BCUT2D eigenvalue weighted by molar-refractivity contribution is 6.14. The van der Waals surface area contributed by atoms with Gasteiger partial charge in [0.2, 0.25) is 0 Å². The second-order valence-corrected chi connectivity index (χ2v) is 13.4. The smallest absolute Gasteiger partial charge is 0.0540 e. The lowest BCUT2D eigenvalue weighted by Crippen LogP contribution is -2.16. The van der Waals surface area contributed by atoms with Gasteiger partial charge >= 0.3 is 0 Å². The topological polar surface area (TPSA) is 3.24 Å². The maximum atomic E-state index is 2.43. The fourth-order valence-corrected chi connectivity index (χ4v) is 7.88. The number of rotatable bonds is 5. The molecule has 0 aromatic heterocycles. The molecule has 0 unspecified atom stereocenters. The molecule has 228 valence electrons. The molecule has 8 aromatic rings. The molecule has 0 N–H and O–H groups in total. The van der Waals surface area contributed by atoms with Gasteiger partial charge in [0.1, 0.15) is 0 Å². The van der Waals surface area contributed by atoms with Crippen molar-refractivity contribution >= 4 is 38.6 Å². The van der Waals surface area contributed by atoms with E-state index >= 15 is 0 Å². The summed E-state index contributed by atoms with van der Waals surface area (Å²) in [6.45, 7) is 4.71. The first-order valence-corrected chi connectivity index (χ1v) is 16.8. The van der Waals surface area contributed by atoms with Crippen LogP contribution >= 0.6 is 0 Å². The fraction of sp³-hybridized carbons (Fsp3) is 0.0638. The molecule has 8 aromatic carbocycles. The molecule has 1 heteroatoms. The first-order chi connectivity index (χ1) is 23.6. The maximum absolute atomic E-state index is 2.43. The summed E-state index contributed by atoms with van der Waals surface area (Å²) in [6.07, 6.45) is 0. The second kappa shape index (κ2) is 11.1. The molecule has 1 nitrogen and oxygen atoms in total. The Kier molecular flexibility index (Phi) is 6.55. The molecule has 0 aliphatic heterocycles. The monoisotopic (exact) mass is 613 g/mol. The zero-order valence-electron chi connectivity index (χ0n) is 27.2. The van der Waals surface area contributed by atoms with Gasteiger partial charge in [-0.05, 0) is 90.8 Å². The Hall–Kier alpha value is -5.92. The van der Waals surface area contributed by atoms with Crippen molar-refractivity contribution in [1.29, 1.82) is 0 Å². The van der Waals surface area contributed by atoms with Crippen LogP contribution in [0, 0.1) is 0 Å². The van der Waals surface area contributed by atoms with E-state index < -0.39 is 0 Å². The van der Waals surface area contributed by atoms with E-state index in [2.05, 4.69) is 195 Å². The third-order valence-corrected chi connectivity index (χ3v) is 10.3. The van der Waals surface area contributed by atoms with Crippen LogP contribution < -0.4 is 4.90 Å². The number of nitrogens with zero attached hydrogens (tertiary/aromatic N) is 1. The normalized spacial score (nSPS) is 13.0. The van der Waals surface area contributed by atoms with E-state index in [0.29, 0.717) is 0 Å². The highest BCUT2D eigenvalue weighted by Crippen LogP contribution is 2.51. The third-order valence-electron chi connectivity index (χ3n) is 10.3. The quantitative estimate of drug-likeness (QED) is 0.175. The number of benzene rings is 8. The summed E-state index contributed by atoms with van der Waals surface area (Å²) in [7, 11) is 0. The first kappa shape index (κ1) is 28.3. The van der Waals surface area contributed by atoms with Gasteiger partial charge < -0.3 is 4.90 Å². The van der Waals surface area contributed by atoms with Gasteiger partial charge in [-0.3, -0.25) is 0 Å². The molecule has 0 radical (unpaired) electrons. The SMILES string of the molecule is CC1(C)c2ccccc2-c2ccc(N(c3ccc(-c4cccc5ccc6ccccc6c45)cc3)c3ccccc3-c3ccccc3)cc21. The lowest BCUT2D eigenvalue weighted by Gasteiger charge is -2.30. The molecule has 9 rings (SSSR count). The van der Waals surface area contributed by atoms with Gasteiger partial charge in [0, 0.05) is 22.4 Å². The standard InChI is InChI=1S/C47H35N/c1-47(2)43-21-10-8-19-41(43)42-30-29-37(31-44(42)47)48(45-22-11-9-17-38(45)32-13-4-3-5-14-32)36-27-25-34(26-28-36)40-20-12-16-35-24-23-33-15-6-7-18-39(33)46(35)40/h3-31H,1-2H3. The fourth-order valence-electron chi connectivity index (χ4n) is 7.88. The van der Waals surface area contributed by atoms with Crippen LogP contribution in [0.4, 0.5) is 17.1 Å². The van der Waals surface area contributed by atoms with Gasteiger partial charge in [-0.1, -0.05) is 159 Å². The Balaban J connectivity index is 1.22. The summed E-state index contributed by atoms with van der Waals surface area (Å²) < 4.78 is 0. The van der Waals surface area contributed by atoms with E-state index in [0.717, 1.165) is 17.1 Å². The van der Waals surface area contributed by atoms with Crippen molar-refractivity contribution in [2.75, 3.05) is 4.90 Å². The minimum atomic E-state index is -0.0897. The van der Waals surface area contributed by atoms with Crippen molar-refractivity contribution < 1.29 is 0 Å². The predicted molar refractivity (Wildman–Crippen MR) is 205 cm³/mol. The predicted octanol–water partition coefficient (Wildman–Crippen LogP) is 13.1. The zero-order valence-corrected chi connectivity index (χ0v) is 27.2. The summed E-state index contributed by atoms with van der Waals surface area (Å²) in [5.74, 6) is 0. The number of fused-ring (bicyclic) bond motifs is 6. The Morgan fingerprint density at radius 2 is 1.00 bits per heavy atom. The van der Waals surface area contributed by atoms with Crippen LogP contribution in [0.1, 0.15) is 25.0 Å². The molecule has 0 heterocycles. The van der Waals surface area contributed by atoms with Crippen LogP contribution in [0.3, 0.4) is 0 Å². The lowest BCUT2D eigenvalue weighted by atomic mass is 9.82. The number of hydrogen-bond acceptors (Lipinski definition) is 1. The molecule has 0 saturated carbocycles. The molecule has 0 spiro atoms. The van der Waals surface area contributed by atoms with Gasteiger partial charge in [-0.25, -0.2) is 0 Å². The third kappa shape index (κ3) is 4.47. The molecule has 1 aliphatic rings. The molecule has 0 fully saturated rings. The molecular weight excluding hydrogens is 579 g/mol. The molecule has 0 atom stereocenters. The molecule has 0 amide bonds. The minimum absolute atomic E-state index is 0.0897. The van der Waals surface area contributed by atoms with Crippen LogP contribution in [0.15, 0.2) is 176 Å². The van der Waals surface area contributed by atoms with Crippen molar-refractivity contribution in [2.45, 2.75) is 19.3 Å². The first-order valence-electron chi connectivity index (χ1n) is 16.8. The average molecular weight is 614 g/mol. The summed E-state index contributed by atoms with van der Waals surface area (Å²) in [6, 6.07) is 64.4. The van der Waals surface area contributed by atoms with E-state index in [9.17, 15) is 0 Å². The van der Waals surface area contributed by atoms with Crippen molar-refractivity contribution in [2.24, 2.45) is 0 Å². The van der Waals surface area contributed by atoms with Crippen LogP contribution in [0.2, 0.25) is 0 Å². The highest BCUT2D eigenvalue weighted by atomic mass is 15.1. The summed E-state index contributed by atoms with van der Waals surface area (Å²) >= 11 is 0. The van der Waals surface area contributed by atoms with E-state index in [-0.39, 0.29) is 5.41 Å². The minimum Gasteiger partial charge on any atom is -0.310 e. The largest absolute Gasteiger partial charge is 0.310 e. The number of para-hydroxylation sites is 1. The zero-order chi connectivity index (χ0) is 32.2. The Labute approximate surface area is 282 Å². The van der Waals surface area contributed by atoms with Crippen LogP contribution in [0.5, 0.6) is 0 Å². The van der Waals surface area contributed by atoms with Gasteiger partial charge in [-0.15, -0.1) is 0 Å². The van der Waals surface area contributed by atoms with Crippen LogP contribution in [-0.2, 0) is 5.41 Å². The van der Waals surface area contributed by atoms with Gasteiger partial charge in [0.25, 0.3) is 0 Å². The second-order valence-electron chi connectivity index (χ2n) is 13.4. The molecule has 0 bridgehead atoms. The molecule has 48 heavy (non-hydrogen) atoms. The lowest BCUT2D eigenvalue weighted by molar-refractivity contribution is 0.660. The van der Waals surface area contributed by atoms with Gasteiger partial charge in [0.15, 0.2) is 0 Å². The van der Waals surface area contributed by atoms with Gasteiger partial charge in [0.05, 0.1) is 5.69 Å². The van der Waals surface area contributed by atoms with Crippen molar-refractivity contribution in [3.8, 4) is 33.4 Å². The summed E-state index contributed by atoms with van der Waals surface area (Å²) in [5.41, 5.74) is 13.6. The van der Waals surface area contributed by atoms with Crippen molar-refractivity contribution in [3.63, 3.8) is 0 Å². The number of anilines is 3. The van der Waals surface area contributed by atoms with Gasteiger partial charge in [-0.2, -0.15) is 0 Å². The Bertz CT molecular complexity index is 2470. The van der Waals surface area contributed by atoms with Crippen LogP contribution in [-0.4, -0.2) is 0 Å². The Morgan fingerprint density at radius 1 is 0.396 bits per heavy atom. The number of hydrogen-bond donors (Lipinski definition) is 0. The molecular formula is C47H35N. The summed E-state index contributed by atoms with van der Waals surface area (Å²) in [4.78, 5) is 2.43.